The Labute approximate surface area is 207 Å². The number of imidazole rings is 1. The lowest BCUT2D eigenvalue weighted by Gasteiger charge is -2.39. The molecule has 1 aromatic carbocycles. The SMILES string of the molecule is CC1(C)CN(C(=O)N(Cc2ccc(F)cc2)c2ncc(C(=O)NCCCn3ccnc3)s2)CCO1. The van der Waals surface area contributed by atoms with Gasteiger partial charge in [-0.05, 0) is 38.0 Å². The van der Waals surface area contributed by atoms with Crippen LogP contribution in [0.3, 0.4) is 0 Å². The molecule has 0 spiro atoms. The van der Waals surface area contributed by atoms with Crippen molar-refractivity contribution in [2.75, 3.05) is 31.1 Å². The molecule has 11 heteroatoms. The number of morpholine rings is 1. The van der Waals surface area contributed by atoms with Gasteiger partial charge in [-0.15, -0.1) is 0 Å². The van der Waals surface area contributed by atoms with E-state index in [4.69, 9.17) is 4.74 Å². The number of carbonyl (C=O) groups excluding carboxylic acids is 2. The third-order valence-electron chi connectivity index (χ3n) is 5.57. The number of ether oxygens (including phenoxy) is 1. The molecule has 0 bridgehead atoms. The average molecular weight is 501 g/mol. The van der Waals surface area contributed by atoms with Crippen LogP contribution in [0.4, 0.5) is 14.3 Å². The molecule has 1 aliphatic rings. The number of hydrogen-bond donors (Lipinski definition) is 1. The number of urea groups is 1. The van der Waals surface area contributed by atoms with Gasteiger partial charge in [0.1, 0.15) is 10.7 Å². The van der Waals surface area contributed by atoms with Crippen molar-refractivity contribution < 1.29 is 18.7 Å². The Bertz CT molecular complexity index is 1130. The van der Waals surface area contributed by atoms with E-state index in [1.807, 2.05) is 24.6 Å². The van der Waals surface area contributed by atoms with Crippen molar-refractivity contribution in [1.82, 2.24) is 24.8 Å². The molecule has 0 atom stereocenters. The minimum Gasteiger partial charge on any atom is -0.372 e. The lowest BCUT2D eigenvalue weighted by atomic mass is 10.1. The summed E-state index contributed by atoms with van der Waals surface area (Å²) in [5.41, 5.74) is 0.299. The molecule has 0 radical (unpaired) electrons. The van der Waals surface area contributed by atoms with Gasteiger partial charge >= 0.3 is 6.03 Å². The van der Waals surface area contributed by atoms with Crippen molar-refractivity contribution in [3.05, 3.63) is 65.4 Å². The van der Waals surface area contributed by atoms with Crippen LogP contribution in [0.1, 0.15) is 35.5 Å². The van der Waals surface area contributed by atoms with Crippen LogP contribution in [0.5, 0.6) is 0 Å². The summed E-state index contributed by atoms with van der Waals surface area (Å²) in [5.74, 6) is -0.580. The molecule has 9 nitrogen and oxygen atoms in total. The van der Waals surface area contributed by atoms with Gasteiger partial charge in [0.05, 0.1) is 37.8 Å². The summed E-state index contributed by atoms with van der Waals surface area (Å²) in [6.07, 6.45) is 7.57. The Hall–Kier alpha value is -3.31. The Morgan fingerprint density at radius 2 is 2.09 bits per heavy atom. The summed E-state index contributed by atoms with van der Waals surface area (Å²) in [6.45, 7) is 6.67. The van der Waals surface area contributed by atoms with Gasteiger partial charge in [-0.2, -0.15) is 0 Å². The van der Waals surface area contributed by atoms with E-state index < -0.39 is 5.60 Å². The van der Waals surface area contributed by atoms with Crippen LogP contribution in [0.25, 0.3) is 0 Å². The highest BCUT2D eigenvalue weighted by Gasteiger charge is 2.33. The van der Waals surface area contributed by atoms with Crippen LogP contribution >= 0.6 is 11.3 Å². The van der Waals surface area contributed by atoms with E-state index >= 15 is 0 Å². The van der Waals surface area contributed by atoms with Crippen LogP contribution < -0.4 is 10.2 Å². The Kier molecular flexibility index (Phi) is 7.76. The molecule has 1 saturated heterocycles. The summed E-state index contributed by atoms with van der Waals surface area (Å²) in [4.78, 5) is 38.3. The summed E-state index contributed by atoms with van der Waals surface area (Å²) in [7, 11) is 0. The van der Waals surface area contributed by atoms with Gasteiger partial charge in [-0.1, -0.05) is 23.5 Å². The zero-order valence-electron chi connectivity index (χ0n) is 19.8. The number of rotatable bonds is 8. The van der Waals surface area contributed by atoms with Gasteiger partial charge in [0.15, 0.2) is 5.13 Å². The average Bonchev–Trinajstić information content (AvgIpc) is 3.53. The maximum atomic E-state index is 13.5. The third kappa shape index (κ3) is 6.64. The minimum atomic E-state index is -0.458. The first-order chi connectivity index (χ1) is 16.8. The largest absolute Gasteiger partial charge is 0.372 e. The maximum Gasteiger partial charge on any atom is 0.326 e. The summed E-state index contributed by atoms with van der Waals surface area (Å²) in [6, 6.07) is 5.77. The number of benzene rings is 1. The fraction of sp³-hybridized carbons (Fsp3) is 0.417. The van der Waals surface area contributed by atoms with E-state index in [0.717, 1.165) is 29.9 Å². The Balaban J connectivity index is 1.45. The van der Waals surface area contributed by atoms with E-state index in [0.29, 0.717) is 36.2 Å². The van der Waals surface area contributed by atoms with E-state index in [1.165, 1.54) is 23.2 Å². The second kappa shape index (κ2) is 11.0. The van der Waals surface area contributed by atoms with Gasteiger partial charge in [0.2, 0.25) is 0 Å². The molecule has 2 aromatic heterocycles. The molecule has 3 heterocycles. The van der Waals surface area contributed by atoms with Crippen LogP contribution in [0.15, 0.2) is 49.2 Å². The third-order valence-corrected chi connectivity index (χ3v) is 6.59. The van der Waals surface area contributed by atoms with Crippen molar-refractivity contribution in [1.29, 1.82) is 0 Å². The van der Waals surface area contributed by atoms with Gasteiger partial charge in [-0.3, -0.25) is 9.69 Å². The highest BCUT2D eigenvalue weighted by Crippen LogP contribution is 2.27. The number of thiazole rings is 1. The zero-order chi connectivity index (χ0) is 24.8. The normalized spacial score (nSPS) is 15.1. The van der Waals surface area contributed by atoms with E-state index in [-0.39, 0.29) is 24.3 Å². The van der Waals surface area contributed by atoms with Gasteiger partial charge < -0.3 is 19.5 Å². The van der Waals surface area contributed by atoms with E-state index in [2.05, 4.69) is 15.3 Å². The van der Waals surface area contributed by atoms with Crippen LogP contribution in [0.2, 0.25) is 0 Å². The molecular formula is C24H29FN6O3S. The molecule has 3 aromatic rings. The molecule has 1 fully saturated rings. The summed E-state index contributed by atoms with van der Waals surface area (Å²) >= 11 is 1.15. The maximum absolute atomic E-state index is 13.5. The Morgan fingerprint density at radius 3 is 2.80 bits per heavy atom. The predicted molar refractivity (Wildman–Crippen MR) is 131 cm³/mol. The summed E-state index contributed by atoms with van der Waals surface area (Å²) < 4.78 is 21.1. The van der Waals surface area contributed by atoms with Crippen LogP contribution in [-0.4, -0.2) is 63.2 Å². The smallest absolute Gasteiger partial charge is 0.326 e. The topological polar surface area (TPSA) is 92.6 Å². The second-order valence-corrected chi connectivity index (χ2v) is 9.95. The molecule has 186 valence electrons. The van der Waals surface area contributed by atoms with Crippen molar-refractivity contribution in [3.8, 4) is 0 Å². The first-order valence-corrected chi connectivity index (χ1v) is 12.3. The van der Waals surface area contributed by atoms with Crippen molar-refractivity contribution >= 4 is 28.4 Å². The van der Waals surface area contributed by atoms with Crippen molar-refractivity contribution in [2.45, 2.75) is 39.0 Å². The lowest BCUT2D eigenvalue weighted by molar-refractivity contribution is -0.0726. The Morgan fingerprint density at radius 1 is 1.29 bits per heavy atom. The lowest BCUT2D eigenvalue weighted by Crippen LogP contribution is -2.54. The number of halogens is 1. The first-order valence-electron chi connectivity index (χ1n) is 11.5. The van der Waals surface area contributed by atoms with E-state index in [1.54, 1.807) is 29.6 Å². The molecular weight excluding hydrogens is 471 g/mol. The molecule has 35 heavy (non-hydrogen) atoms. The summed E-state index contributed by atoms with van der Waals surface area (Å²) in [5, 5.41) is 3.31. The number of nitrogens with one attached hydrogen (secondary N) is 1. The molecule has 4 rings (SSSR count). The van der Waals surface area contributed by atoms with Gasteiger partial charge in [0, 0.05) is 32.0 Å². The second-order valence-electron chi connectivity index (χ2n) is 8.94. The highest BCUT2D eigenvalue weighted by molar-refractivity contribution is 7.17. The zero-order valence-corrected chi connectivity index (χ0v) is 20.6. The number of nitrogens with zero attached hydrogens (tertiary/aromatic N) is 5. The number of anilines is 1. The number of hydrogen-bond acceptors (Lipinski definition) is 6. The quantitative estimate of drug-likeness (QED) is 0.478. The fourth-order valence-corrected chi connectivity index (χ4v) is 4.63. The molecule has 1 aliphatic heterocycles. The first kappa shape index (κ1) is 24.8. The molecule has 3 amide bonds. The highest BCUT2D eigenvalue weighted by atomic mass is 32.1. The number of carbonyl (C=O) groups is 2. The predicted octanol–water partition coefficient (Wildman–Crippen LogP) is 3.54. The van der Waals surface area contributed by atoms with Gasteiger partial charge in [-0.25, -0.2) is 19.2 Å². The minimum absolute atomic E-state index is 0.205. The number of aryl methyl sites for hydroxylation is 1. The van der Waals surface area contributed by atoms with Crippen LogP contribution in [0, 0.1) is 5.82 Å². The number of aromatic nitrogens is 3. The van der Waals surface area contributed by atoms with Crippen LogP contribution in [-0.2, 0) is 17.8 Å². The molecule has 0 unspecified atom stereocenters. The van der Waals surface area contributed by atoms with Gasteiger partial charge in [0.25, 0.3) is 5.91 Å². The molecule has 0 aliphatic carbocycles. The standard InChI is InChI=1S/C24H29FN6O3S/c1-24(2)16-30(12-13-34-24)23(33)31(15-18-4-6-19(25)7-5-18)22-28-14-20(35-22)21(32)27-8-3-10-29-11-9-26-17-29/h4-7,9,11,14,17H,3,8,10,12-13,15-16H2,1-2H3,(H,27,32). The van der Waals surface area contributed by atoms with Crippen molar-refractivity contribution in [2.24, 2.45) is 0 Å². The number of amides is 3. The molecule has 0 saturated carbocycles. The van der Waals surface area contributed by atoms with E-state index in [9.17, 15) is 14.0 Å². The molecule has 1 N–H and O–H groups in total. The monoisotopic (exact) mass is 500 g/mol. The van der Waals surface area contributed by atoms with Crippen molar-refractivity contribution in [3.63, 3.8) is 0 Å². The fourth-order valence-electron chi connectivity index (χ4n) is 3.80.